The molecule has 0 N–H and O–H groups in total. The third kappa shape index (κ3) is 50.7. The average molecular weight is 899 g/mol. The number of allylic oxidation sites excluding steroid dienone is 20. The van der Waals surface area contributed by atoms with Crippen LogP contribution in [0.15, 0.2) is 122 Å². The monoisotopic (exact) mass is 899 g/mol. The summed E-state index contributed by atoms with van der Waals surface area (Å²) in [7, 11) is 0. The summed E-state index contributed by atoms with van der Waals surface area (Å²) in [5.41, 5.74) is 0. The lowest BCUT2D eigenvalue weighted by molar-refractivity contribution is -0.167. The van der Waals surface area contributed by atoms with Crippen molar-refractivity contribution in [1.82, 2.24) is 0 Å². The molecule has 366 valence electrons. The highest BCUT2D eigenvalue weighted by atomic mass is 16.6. The maximum atomic E-state index is 12.8. The smallest absolute Gasteiger partial charge is 0.306 e. The first-order valence-electron chi connectivity index (χ1n) is 26.0. The van der Waals surface area contributed by atoms with E-state index >= 15 is 0 Å². The number of esters is 3. The summed E-state index contributed by atoms with van der Waals surface area (Å²) in [6, 6.07) is 0. The molecule has 0 radical (unpaired) electrons. The normalized spacial score (nSPS) is 13.1. The Morgan fingerprint density at radius 1 is 0.323 bits per heavy atom. The molecule has 0 aromatic carbocycles. The second-order valence-electron chi connectivity index (χ2n) is 16.7. The fourth-order valence-electron chi connectivity index (χ4n) is 6.50. The van der Waals surface area contributed by atoms with E-state index in [1.54, 1.807) is 0 Å². The van der Waals surface area contributed by atoms with Crippen molar-refractivity contribution in [3.8, 4) is 0 Å². The lowest BCUT2D eigenvalue weighted by Crippen LogP contribution is -2.30. The minimum absolute atomic E-state index is 0.119. The molecule has 0 amide bonds. The molecule has 1 atom stereocenters. The van der Waals surface area contributed by atoms with Gasteiger partial charge >= 0.3 is 17.9 Å². The molecule has 0 saturated carbocycles. The fourth-order valence-corrected chi connectivity index (χ4v) is 6.50. The van der Waals surface area contributed by atoms with Gasteiger partial charge in [0.1, 0.15) is 13.2 Å². The SMILES string of the molecule is CC/C=C\C/C=C\C/C=C\C/C=C\C/C=C\CCCC(=O)OC[C@H](COC(=O)CCCCC/C=C\C/C=C\C/C=C\C/C=C\CCCCC)OC(=O)CCCCCCC/C=C\CCCC. The highest BCUT2D eigenvalue weighted by molar-refractivity contribution is 5.71. The summed E-state index contributed by atoms with van der Waals surface area (Å²) < 4.78 is 16.7. The number of carbonyl (C=O) groups excluding carboxylic acids is 3. The third-order valence-electron chi connectivity index (χ3n) is 10.4. The van der Waals surface area contributed by atoms with Crippen LogP contribution in [0.3, 0.4) is 0 Å². The van der Waals surface area contributed by atoms with Crippen LogP contribution in [0.1, 0.15) is 213 Å². The molecule has 0 saturated heterocycles. The molecule has 0 aliphatic carbocycles. The number of rotatable bonds is 45. The molecule has 65 heavy (non-hydrogen) atoms. The number of unbranched alkanes of at least 4 members (excludes halogenated alkanes) is 14. The summed E-state index contributed by atoms with van der Waals surface area (Å²) >= 11 is 0. The third-order valence-corrected chi connectivity index (χ3v) is 10.4. The van der Waals surface area contributed by atoms with E-state index in [1.165, 1.54) is 44.9 Å². The minimum atomic E-state index is -0.821. The Morgan fingerprint density at radius 2 is 0.631 bits per heavy atom. The van der Waals surface area contributed by atoms with Gasteiger partial charge in [-0.05, 0) is 122 Å². The standard InChI is InChI=1S/C59H94O6/c1-4-7-10-13-16-19-22-24-26-28-29-31-33-35-38-40-43-46-49-52-58(61)64-55-56(65-59(62)53-50-47-44-41-36-21-18-15-12-9-6-3)54-63-57(60)51-48-45-42-39-37-34-32-30-27-25-23-20-17-14-11-8-5-2/h8,11,15-20,24-27,29,31-32,34-35,38-39,42,56H,4-7,9-10,12-14,21-23,28,30,33,36-37,40-41,43-55H2,1-3H3/b11-8-,18-15-,19-16-,20-17-,26-24-,27-25-,31-29-,34-32-,38-35-,42-39-/t56-/m1/s1. The molecule has 0 aliphatic heterocycles. The van der Waals surface area contributed by atoms with E-state index in [0.717, 1.165) is 122 Å². The number of ether oxygens (including phenoxy) is 3. The molecule has 0 fully saturated rings. The van der Waals surface area contributed by atoms with Crippen LogP contribution in [-0.4, -0.2) is 37.2 Å². The minimum Gasteiger partial charge on any atom is -0.462 e. The lowest BCUT2D eigenvalue weighted by Gasteiger charge is -2.18. The first-order valence-corrected chi connectivity index (χ1v) is 26.0. The zero-order valence-electron chi connectivity index (χ0n) is 41.7. The Labute approximate surface area is 399 Å². The van der Waals surface area contributed by atoms with E-state index in [4.69, 9.17) is 14.2 Å². The van der Waals surface area contributed by atoms with E-state index in [1.807, 2.05) is 0 Å². The van der Waals surface area contributed by atoms with Crippen molar-refractivity contribution in [3.05, 3.63) is 122 Å². The van der Waals surface area contributed by atoms with Gasteiger partial charge in [-0.3, -0.25) is 14.4 Å². The molecule has 6 nitrogen and oxygen atoms in total. The van der Waals surface area contributed by atoms with Crippen molar-refractivity contribution in [1.29, 1.82) is 0 Å². The highest BCUT2D eigenvalue weighted by Gasteiger charge is 2.19. The van der Waals surface area contributed by atoms with E-state index in [2.05, 4.69) is 142 Å². The van der Waals surface area contributed by atoms with Crippen LogP contribution in [-0.2, 0) is 28.6 Å². The van der Waals surface area contributed by atoms with Crippen LogP contribution < -0.4 is 0 Å². The van der Waals surface area contributed by atoms with Gasteiger partial charge < -0.3 is 14.2 Å². The van der Waals surface area contributed by atoms with Crippen LogP contribution >= 0.6 is 0 Å². The van der Waals surface area contributed by atoms with Crippen LogP contribution in [0.25, 0.3) is 0 Å². The second-order valence-corrected chi connectivity index (χ2v) is 16.7. The Hall–Kier alpha value is -4.19. The van der Waals surface area contributed by atoms with Crippen LogP contribution in [0, 0.1) is 0 Å². The number of carbonyl (C=O) groups is 3. The summed E-state index contributed by atoms with van der Waals surface area (Å²) in [6.45, 7) is 6.35. The van der Waals surface area contributed by atoms with Crippen molar-refractivity contribution in [3.63, 3.8) is 0 Å². The summed E-state index contributed by atoms with van der Waals surface area (Å²) in [5, 5.41) is 0. The van der Waals surface area contributed by atoms with Gasteiger partial charge in [-0.2, -0.15) is 0 Å². The first kappa shape index (κ1) is 60.8. The Morgan fingerprint density at radius 3 is 1.08 bits per heavy atom. The van der Waals surface area contributed by atoms with Crippen molar-refractivity contribution in [2.75, 3.05) is 13.2 Å². The topological polar surface area (TPSA) is 78.9 Å². The summed E-state index contributed by atoms with van der Waals surface area (Å²) in [4.78, 5) is 37.9. The van der Waals surface area contributed by atoms with Crippen LogP contribution in [0.4, 0.5) is 0 Å². The van der Waals surface area contributed by atoms with Crippen molar-refractivity contribution >= 4 is 17.9 Å². The van der Waals surface area contributed by atoms with Gasteiger partial charge in [-0.25, -0.2) is 0 Å². The van der Waals surface area contributed by atoms with Crippen molar-refractivity contribution < 1.29 is 28.6 Å². The lowest BCUT2D eigenvalue weighted by atomic mass is 10.1. The molecule has 0 aromatic heterocycles. The van der Waals surface area contributed by atoms with Crippen molar-refractivity contribution in [2.45, 2.75) is 219 Å². The van der Waals surface area contributed by atoms with Gasteiger partial charge in [-0.15, -0.1) is 0 Å². The Balaban J connectivity index is 4.52. The van der Waals surface area contributed by atoms with Gasteiger partial charge in [0, 0.05) is 19.3 Å². The van der Waals surface area contributed by atoms with Gasteiger partial charge in [0.2, 0.25) is 0 Å². The molecule has 0 bridgehead atoms. The average Bonchev–Trinajstić information content (AvgIpc) is 3.30. The van der Waals surface area contributed by atoms with E-state index in [0.29, 0.717) is 19.3 Å². The van der Waals surface area contributed by atoms with E-state index in [9.17, 15) is 14.4 Å². The van der Waals surface area contributed by atoms with Gasteiger partial charge in [0.25, 0.3) is 0 Å². The molecule has 0 aromatic rings. The first-order chi connectivity index (χ1) is 32.0. The largest absolute Gasteiger partial charge is 0.462 e. The molecule has 6 heteroatoms. The highest BCUT2D eigenvalue weighted by Crippen LogP contribution is 2.12. The van der Waals surface area contributed by atoms with Crippen LogP contribution in [0.2, 0.25) is 0 Å². The Kier molecular flexibility index (Phi) is 49.1. The van der Waals surface area contributed by atoms with Gasteiger partial charge in [0.15, 0.2) is 6.10 Å². The zero-order valence-corrected chi connectivity index (χ0v) is 41.7. The van der Waals surface area contributed by atoms with E-state index in [-0.39, 0.29) is 37.5 Å². The predicted octanol–water partition coefficient (Wildman–Crippen LogP) is 17.3. The van der Waals surface area contributed by atoms with Gasteiger partial charge in [-0.1, -0.05) is 194 Å². The number of hydrogen-bond donors (Lipinski definition) is 0. The van der Waals surface area contributed by atoms with Crippen LogP contribution in [0.5, 0.6) is 0 Å². The summed E-state index contributed by atoms with van der Waals surface area (Å²) in [6.07, 6.45) is 71.9. The van der Waals surface area contributed by atoms with Crippen molar-refractivity contribution in [2.24, 2.45) is 0 Å². The molecular weight excluding hydrogens is 805 g/mol. The molecule has 0 heterocycles. The molecule has 0 aliphatic rings. The van der Waals surface area contributed by atoms with Gasteiger partial charge in [0.05, 0.1) is 0 Å². The second kappa shape index (κ2) is 52.4. The predicted molar refractivity (Wildman–Crippen MR) is 279 cm³/mol. The zero-order chi connectivity index (χ0) is 47.2. The number of hydrogen-bond acceptors (Lipinski definition) is 6. The maximum Gasteiger partial charge on any atom is 0.306 e. The maximum absolute atomic E-state index is 12.8. The molecule has 0 unspecified atom stereocenters. The molecule has 0 spiro atoms. The Bertz CT molecular complexity index is 1400. The van der Waals surface area contributed by atoms with E-state index < -0.39 is 6.10 Å². The molecule has 0 rings (SSSR count). The fraction of sp³-hybridized carbons (Fsp3) is 0.610. The quantitative estimate of drug-likeness (QED) is 0.0262. The summed E-state index contributed by atoms with van der Waals surface area (Å²) in [5.74, 6) is -1.03. The molecular formula is C59H94O6.